The highest BCUT2D eigenvalue weighted by Gasteiger charge is 2.23. The number of fused-ring (bicyclic) bond motifs is 1. The number of allylic oxidation sites excluding steroid dienone is 2. The molecule has 0 fully saturated rings. The number of halogens is 1. The van der Waals surface area contributed by atoms with Gasteiger partial charge in [-0.2, -0.15) is 0 Å². The highest BCUT2D eigenvalue weighted by Crippen LogP contribution is 2.39. The van der Waals surface area contributed by atoms with Crippen LogP contribution in [0.4, 0.5) is 10.1 Å². The number of anilines is 1. The van der Waals surface area contributed by atoms with Crippen LogP contribution >= 0.6 is 0 Å². The van der Waals surface area contributed by atoms with Crippen molar-refractivity contribution in [3.05, 3.63) is 67.4 Å². The SMILES string of the molecule is CCOCc1cc(C/C(C)=C2/CCCc3c(C)c(F)cc(N)c32)[nH]c(=O)c1CO. The van der Waals surface area contributed by atoms with E-state index in [0.29, 0.717) is 35.4 Å². The Balaban J connectivity index is 2.02. The van der Waals surface area contributed by atoms with Gasteiger partial charge >= 0.3 is 0 Å². The van der Waals surface area contributed by atoms with Gasteiger partial charge in [-0.3, -0.25) is 4.79 Å². The number of hydrogen-bond donors (Lipinski definition) is 3. The first-order valence-electron chi connectivity index (χ1n) is 10.1. The number of benzene rings is 1. The molecule has 156 valence electrons. The molecule has 1 aliphatic carbocycles. The lowest BCUT2D eigenvalue weighted by Gasteiger charge is -2.25. The van der Waals surface area contributed by atoms with Gasteiger partial charge in [-0.25, -0.2) is 4.39 Å². The van der Waals surface area contributed by atoms with Crippen molar-refractivity contribution in [2.75, 3.05) is 12.3 Å². The second-order valence-electron chi connectivity index (χ2n) is 7.64. The third kappa shape index (κ3) is 4.28. The fourth-order valence-corrected chi connectivity index (χ4v) is 4.19. The molecular formula is C23H29FN2O3. The van der Waals surface area contributed by atoms with Crippen molar-refractivity contribution in [1.29, 1.82) is 0 Å². The molecule has 6 heteroatoms. The minimum atomic E-state index is -0.327. The molecule has 1 aromatic heterocycles. The molecule has 0 bridgehead atoms. The number of hydrogen-bond acceptors (Lipinski definition) is 4. The number of aliphatic hydroxyl groups is 1. The molecule has 4 N–H and O–H groups in total. The van der Waals surface area contributed by atoms with Crippen LogP contribution < -0.4 is 11.3 Å². The van der Waals surface area contributed by atoms with Crippen LogP contribution in [0.25, 0.3) is 5.57 Å². The van der Waals surface area contributed by atoms with Gasteiger partial charge in [-0.1, -0.05) is 5.57 Å². The molecule has 0 aliphatic heterocycles. The van der Waals surface area contributed by atoms with Gasteiger partial charge in [0.15, 0.2) is 0 Å². The lowest BCUT2D eigenvalue weighted by molar-refractivity contribution is 0.132. The third-order valence-electron chi connectivity index (χ3n) is 5.71. The van der Waals surface area contributed by atoms with Crippen LogP contribution in [-0.2, 0) is 30.8 Å². The summed E-state index contributed by atoms with van der Waals surface area (Å²) >= 11 is 0. The number of H-pyrrole nitrogens is 1. The summed E-state index contributed by atoms with van der Waals surface area (Å²) in [6.07, 6.45) is 3.18. The molecule has 1 heterocycles. The Morgan fingerprint density at radius 1 is 1.34 bits per heavy atom. The second-order valence-corrected chi connectivity index (χ2v) is 7.64. The summed E-state index contributed by atoms with van der Waals surface area (Å²) in [7, 11) is 0. The van der Waals surface area contributed by atoms with Crippen molar-refractivity contribution < 1.29 is 14.2 Å². The molecule has 1 aromatic carbocycles. The highest BCUT2D eigenvalue weighted by atomic mass is 19.1. The third-order valence-corrected chi connectivity index (χ3v) is 5.71. The molecule has 0 saturated heterocycles. The maximum atomic E-state index is 14.1. The zero-order valence-electron chi connectivity index (χ0n) is 17.3. The molecule has 0 spiro atoms. The molecule has 1 aliphatic rings. The van der Waals surface area contributed by atoms with Crippen molar-refractivity contribution in [2.24, 2.45) is 0 Å². The quantitative estimate of drug-likeness (QED) is 0.644. The van der Waals surface area contributed by atoms with Gasteiger partial charge in [-0.15, -0.1) is 0 Å². The van der Waals surface area contributed by atoms with Crippen LogP contribution in [0.3, 0.4) is 0 Å². The van der Waals surface area contributed by atoms with Gasteiger partial charge in [0.2, 0.25) is 0 Å². The van der Waals surface area contributed by atoms with Gasteiger partial charge in [0.1, 0.15) is 5.82 Å². The highest BCUT2D eigenvalue weighted by molar-refractivity contribution is 5.81. The number of aromatic nitrogens is 1. The van der Waals surface area contributed by atoms with E-state index in [9.17, 15) is 14.3 Å². The molecule has 5 nitrogen and oxygen atoms in total. The van der Waals surface area contributed by atoms with Gasteiger partial charge < -0.3 is 20.6 Å². The summed E-state index contributed by atoms with van der Waals surface area (Å²) in [4.78, 5) is 15.3. The van der Waals surface area contributed by atoms with E-state index in [4.69, 9.17) is 10.5 Å². The van der Waals surface area contributed by atoms with Gasteiger partial charge in [0.05, 0.1) is 13.2 Å². The monoisotopic (exact) mass is 400 g/mol. The first-order chi connectivity index (χ1) is 13.9. The minimum absolute atomic E-state index is 0.260. The first kappa shape index (κ1) is 21.3. The van der Waals surface area contributed by atoms with Gasteiger partial charge in [0, 0.05) is 35.5 Å². The van der Waals surface area contributed by atoms with Crippen molar-refractivity contribution in [3.8, 4) is 0 Å². The molecule has 0 radical (unpaired) electrons. The Labute approximate surface area is 170 Å². The van der Waals surface area contributed by atoms with Crippen molar-refractivity contribution in [3.63, 3.8) is 0 Å². The Morgan fingerprint density at radius 2 is 2.10 bits per heavy atom. The van der Waals surface area contributed by atoms with Crippen LogP contribution in [0.5, 0.6) is 0 Å². The zero-order valence-corrected chi connectivity index (χ0v) is 17.3. The predicted octanol–water partition coefficient (Wildman–Crippen LogP) is 3.79. The fourth-order valence-electron chi connectivity index (χ4n) is 4.19. The number of aliphatic hydroxyl groups excluding tert-OH is 1. The van der Waals surface area contributed by atoms with Crippen LogP contribution in [0.2, 0.25) is 0 Å². The summed E-state index contributed by atoms with van der Waals surface area (Å²) in [5, 5.41) is 9.53. The summed E-state index contributed by atoms with van der Waals surface area (Å²) in [6, 6.07) is 3.29. The number of pyridine rings is 1. The Bertz CT molecular complexity index is 1010. The largest absolute Gasteiger partial charge is 0.398 e. The van der Waals surface area contributed by atoms with Crippen molar-refractivity contribution >= 4 is 11.3 Å². The average Bonchev–Trinajstić information content (AvgIpc) is 2.69. The zero-order chi connectivity index (χ0) is 21.1. The van der Waals surface area contributed by atoms with E-state index in [-0.39, 0.29) is 24.6 Å². The number of aromatic amines is 1. The van der Waals surface area contributed by atoms with E-state index in [1.54, 1.807) is 6.92 Å². The molecule has 29 heavy (non-hydrogen) atoms. The lowest BCUT2D eigenvalue weighted by Crippen LogP contribution is -2.19. The van der Waals surface area contributed by atoms with E-state index >= 15 is 0 Å². The van der Waals surface area contributed by atoms with Crippen molar-refractivity contribution in [2.45, 2.75) is 59.7 Å². The van der Waals surface area contributed by atoms with E-state index in [1.165, 1.54) is 6.07 Å². The fraction of sp³-hybridized carbons (Fsp3) is 0.435. The predicted molar refractivity (Wildman–Crippen MR) is 113 cm³/mol. The van der Waals surface area contributed by atoms with Crippen LogP contribution in [0, 0.1) is 12.7 Å². The Morgan fingerprint density at radius 3 is 2.79 bits per heavy atom. The van der Waals surface area contributed by atoms with E-state index in [0.717, 1.165) is 47.2 Å². The average molecular weight is 400 g/mol. The van der Waals surface area contributed by atoms with Crippen LogP contribution in [0.15, 0.2) is 22.5 Å². The molecule has 0 atom stereocenters. The molecular weight excluding hydrogens is 371 g/mol. The standard InChI is InChI=1S/C23H29FN2O3/c1-4-29-12-15-9-16(26-23(28)19(15)11-27)8-13(2)17-6-5-7-18-14(3)20(24)10-21(25)22(17)18/h9-10,27H,4-8,11-12,25H2,1-3H3,(H,26,28)/b17-13-. The lowest BCUT2D eigenvalue weighted by atomic mass is 9.81. The van der Waals surface area contributed by atoms with Crippen LogP contribution in [0.1, 0.15) is 60.2 Å². The van der Waals surface area contributed by atoms with Gasteiger partial charge in [-0.05, 0) is 74.4 Å². The van der Waals surface area contributed by atoms with Crippen LogP contribution in [-0.4, -0.2) is 16.7 Å². The maximum Gasteiger partial charge on any atom is 0.254 e. The van der Waals surface area contributed by atoms with E-state index in [1.807, 2.05) is 19.9 Å². The maximum absolute atomic E-state index is 14.1. The summed E-state index contributed by atoms with van der Waals surface area (Å²) in [6.45, 7) is 6.21. The molecule has 0 unspecified atom stereocenters. The number of rotatable bonds is 6. The minimum Gasteiger partial charge on any atom is -0.398 e. The Hall–Kier alpha value is -2.44. The summed E-state index contributed by atoms with van der Waals surface area (Å²) in [5.41, 5.74) is 13.0. The number of nitrogen functional groups attached to an aromatic ring is 1. The Kier molecular flexibility index (Phi) is 6.55. The van der Waals surface area contributed by atoms with Gasteiger partial charge in [0.25, 0.3) is 5.56 Å². The molecule has 3 rings (SSSR count). The summed E-state index contributed by atoms with van der Waals surface area (Å²) in [5.74, 6) is -0.260. The number of ether oxygens (including phenoxy) is 1. The topological polar surface area (TPSA) is 88.3 Å². The molecule has 0 amide bonds. The smallest absolute Gasteiger partial charge is 0.254 e. The second kappa shape index (κ2) is 8.93. The number of nitrogens with two attached hydrogens (primary N) is 1. The van der Waals surface area contributed by atoms with E-state index in [2.05, 4.69) is 4.98 Å². The number of nitrogens with one attached hydrogen (secondary N) is 1. The summed E-state index contributed by atoms with van der Waals surface area (Å²) < 4.78 is 19.6. The molecule has 2 aromatic rings. The molecule has 0 saturated carbocycles. The van der Waals surface area contributed by atoms with E-state index < -0.39 is 0 Å². The first-order valence-corrected chi connectivity index (χ1v) is 10.1. The van der Waals surface area contributed by atoms with Crippen molar-refractivity contribution in [1.82, 2.24) is 4.98 Å². The normalized spacial score (nSPS) is 15.3.